The van der Waals surface area contributed by atoms with Gasteiger partial charge in [0, 0.05) is 43.4 Å². The maximum absolute atomic E-state index is 14.9. The Kier molecular flexibility index (Phi) is 8.25. The van der Waals surface area contributed by atoms with Crippen molar-refractivity contribution in [1.29, 1.82) is 0 Å². The van der Waals surface area contributed by atoms with E-state index in [9.17, 15) is 18.4 Å². The highest BCUT2D eigenvalue weighted by molar-refractivity contribution is 5.75. The van der Waals surface area contributed by atoms with Crippen LogP contribution in [0.1, 0.15) is 63.5 Å². The van der Waals surface area contributed by atoms with E-state index in [1.165, 1.54) is 6.07 Å². The topological polar surface area (TPSA) is 67.7 Å². The molecular weight excluding hydrogens is 550 g/mol. The predicted molar refractivity (Wildman–Crippen MR) is 161 cm³/mol. The minimum absolute atomic E-state index is 0.0860. The highest BCUT2D eigenvalue weighted by Crippen LogP contribution is 2.49. The molecule has 2 aliphatic heterocycles. The Balaban J connectivity index is 1.21. The van der Waals surface area contributed by atoms with E-state index in [0.29, 0.717) is 50.0 Å². The number of ether oxygens (including phenoxy) is 1. The zero-order chi connectivity index (χ0) is 30.1. The van der Waals surface area contributed by atoms with Crippen molar-refractivity contribution in [2.75, 3.05) is 26.7 Å². The highest BCUT2D eigenvalue weighted by Gasteiger charge is 2.47. The summed E-state index contributed by atoms with van der Waals surface area (Å²) in [7, 11) is 1.60. The van der Waals surface area contributed by atoms with Crippen molar-refractivity contribution in [2.45, 2.75) is 64.5 Å². The Labute approximate surface area is 251 Å². The van der Waals surface area contributed by atoms with Gasteiger partial charge in [0.2, 0.25) is 0 Å². The molecule has 6 rings (SSSR count). The number of hydrogen-bond donors (Lipinski definition) is 0. The van der Waals surface area contributed by atoms with Gasteiger partial charge in [-0.05, 0) is 79.7 Å². The van der Waals surface area contributed by atoms with Gasteiger partial charge in [0.05, 0.1) is 25.2 Å². The van der Waals surface area contributed by atoms with E-state index in [1.54, 1.807) is 29.0 Å². The summed E-state index contributed by atoms with van der Waals surface area (Å²) in [5, 5.41) is 0. The molecule has 3 heterocycles. The van der Waals surface area contributed by atoms with Gasteiger partial charge in [0.15, 0.2) is 0 Å². The fraction of sp³-hybridized carbons (Fsp3) is 0.500. The number of para-hydroxylation sites is 1. The SMILES string of the molecule is COc1ccccc1-c1cc(=O)n(C[C@@H]2CCN(C(=O)N3CC[C@@H](C)C[C@H]3c3cc(F)ccc3F)CC23CCCC3)cn1. The smallest absolute Gasteiger partial charge is 0.320 e. The monoisotopic (exact) mass is 590 g/mol. The summed E-state index contributed by atoms with van der Waals surface area (Å²) >= 11 is 0. The molecule has 3 aliphatic rings. The second kappa shape index (κ2) is 12.1. The van der Waals surface area contributed by atoms with Crippen LogP contribution in [0.25, 0.3) is 11.3 Å². The quantitative estimate of drug-likeness (QED) is 0.333. The number of amides is 2. The maximum atomic E-state index is 14.9. The van der Waals surface area contributed by atoms with Crippen molar-refractivity contribution in [2.24, 2.45) is 17.3 Å². The first-order valence-corrected chi connectivity index (χ1v) is 15.5. The Hall–Kier alpha value is -3.75. The second-order valence-corrected chi connectivity index (χ2v) is 12.7. The molecule has 3 atom stereocenters. The summed E-state index contributed by atoms with van der Waals surface area (Å²) in [4.78, 5) is 35.7. The second-order valence-electron chi connectivity index (χ2n) is 12.7. The van der Waals surface area contributed by atoms with E-state index in [-0.39, 0.29) is 28.5 Å². The van der Waals surface area contributed by atoms with Crippen LogP contribution in [0.15, 0.2) is 59.7 Å². The fourth-order valence-corrected chi connectivity index (χ4v) is 7.72. The van der Waals surface area contributed by atoms with Gasteiger partial charge in [-0.2, -0.15) is 0 Å². The Morgan fingerprint density at radius 3 is 2.63 bits per heavy atom. The number of urea groups is 1. The molecule has 1 aromatic heterocycles. The number of hydrogen-bond acceptors (Lipinski definition) is 4. The lowest BCUT2D eigenvalue weighted by Crippen LogP contribution is -2.56. The molecule has 2 aromatic carbocycles. The molecular formula is C34H40F2N4O3. The van der Waals surface area contributed by atoms with Crippen LogP contribution in [-0.2, 0) is 6.54 Å². The third-order valence-corrected chi connectivity index (χ3v) is 10.1. The number of carbonyl (C=O) groups excluding carboxylic acids is 1. The molecule has 0 radical (unpaired) electrons. The van der Waals surface area contributed by atoms with Gasteiger partial charge in [0.25, 0.3) is 5.56 Å². The van der Waals surface area contributed by atoms with Crippen molar-refractivity contribution in [1.82, 2.24) is 19.4 Å². The van der Waals surface area contributed by atoms with E-state index in [0.717, 1.165) is 56.2 Å². The standard InChI is InChI=1S/C34H40F2N4O3/c1-23-11-16-40(30(17-23)27-18-25(35)9-10-28(27)36)33(42)38-15-12-24(34(21-38)13-5-6-14-34)20-39-22-37-29(19-32(39)41)26-7-3-4-8-31(26)43-2/h3-4,7-10,18-19,22-24,30H,5-6,11-17,20-21H2,1-2H3/t23-,24+,30+/m1/s1. The van der Waals surface area contributed by atoms with Gasteiger partial charge in [-0.25, -0.2) is 18.6 Å². The van der Waals surface area contributed by atoms with Crippen molar-refractivity contribution < 1.29 is 18.3 Å². The number of aromatic nitrogens is 2. The number of methoxy groups -OCH3 is 1. The number of halogens is 2. The summed E-state index contributed by atoms with van der Waals surface area (Å²) in [6, 6.07) is 12.0. The molecule has 2 saturated heterocycles. The fourth-order valence-electron chi connectivity index (χ4n) is 7.72. The van der Waals surface area contributed by atoms with Crippen LogP contribution < -0.4 is 10.3 Å². The van der Waals surface area contributed by atoms with E-state index in [2.05, 4.69) is 11.9 Å². The van der Waals surface area contributed by atoms with Crippen LogP contribution in [0.5, 0.6) is 5.75 Å². The van der Waals surface area contributed by atoms with Gasteiger partial charge in [-0.15, -0.1) is 0 Å². The number of carbonyl (C=O) groups is 1. The van der Waals surface area contributed by atoms with Crippen LogP contribution in [-0.4, -0.2) is 52.1 Å². The van der Waals surface area contributed by atoms with Crippen LogP contribution in [0.4, 0.5) is 13.6 Å². The third kappa shape index (κ3) is 5.78. The lowest BCUT2D eigenvalue weighted by molar-refractivity contribution is 0.0195. The molecule has 0 N–H and O–H groups in total. The van der Waals surface area contributed by atoms with E-state index in [4.69, 9.17) is 4.74 Å². The first-order chi connectivity index (χ1) is 20.8. The van der Waals surface area contributed by atoms with E-state index >= 15 is 0 Å². The molecule has 1 spiro atoms. The van der Waals surface area contributed by atoms with Gasteiger partial charge in [0.1, 0.15) is 17.4 Å². The summed E-state index contributed by atoms with van der Waals surface area (Å²) in [5.74, 6) is 0.242. The largest absolute Gasteiger partial charge is 0.496 e. The molecule has 1 aliphatic carbocycles. The minimum atomic E-state index is -0.492. The van der Waals surface area contributed by atoms with Crippen LogP contribution in [0.2, 0.25) is 0 Å². The highest BCUT2D eigenvalue weighted by atomic mass is 19.1. The number of benzene rings is 2. The lowest BCUT2D eigenvalue weighted by Gasteiger charge is -2.49. The molecule has 3 aromatic rings. The van der Waals surface area contributed by atoms with Crippen LogP contribution >= 0.6 is 0 Å². The average molecular weight is 591 g/mol. The zero-order valence-electron chi connectivity index (χ0n) is 25.0. The summed E-state index contributed by atoms with van der Waals surface area (Å²) in [6.45, 7) is 4.36. The molecule has 7 nitrogen and oxygen atoms in total. The number of nitrogens with zero attached hydrogens (tertiary/aromatic N) is 4. The lowest BCUT2D eigenvalue weighted by atomic mass is 9.69. The first-order valence-electron chi connectivity index (χ1n) is 15.5. The maximum Gasteiger partial charge on any atom is 0.320 e. The van der Waals surface area contributed by atoms with Crippen LogP contribution in [0, 0.1) is 28.9 Å². The Morgan fingerprint density at radius 2 is 1.86 bits per heavy atom. The summed E-state index contributed by atoms with van der Waals surface area (Å²) < 4.78 is 36.2. The number of rotatable bonds is 5. The normalized spacial score (nSPS) is 23.5. The zero-order valence-corrected chi connectivity index (χ0v) is 25.0. The van der Waals surface area contributed by atoms with Crippen molar-refractivity contribution in [3.63, 3.8) is 0 Å². The summed E-state index contributed by atoms with van der Waals surface area (Å²) in [6.07, 6.45) is 8.04. The average Bonchev–Trinajstić information content (AvgIpc) is 3.48. The summed E-state index contributed by atoms with van der Waals surface area (Å²) in [5.41, 5.74) is 1.42. The van der Waals surface area contributed by atoms with Gasteiger partial charge in [-0.1, -0.05) is 31.9 Å². The first kappa shape index (κ1) is 29.3. The van der Waals surface area contributed by atoms with E-state index < -0.39 is 17.7 Å². The number of piperidine rings is 2. The molecule has 3 fully saturated rings. The Morgan fingerprint density at radius 1 is 1.07 bits per heavy atom. The van der Waals surface area contributed by atoms with E-state index in [1.807, 2.05) is 29.2 Å². The van der Waals surface area contributed by atoms with Gasteiger partial charge >= 0.3 is 6.03 Å². The minimum Gasteiger partial charge on any atom is -0.496 e. The predicted octanol–water partition coefficient (Wildman–Crippen LogP) is 6.67. The molecule has 0 bridgehead atoms. The molecule has 228 valence electrons. The molecule has 9 heteroatoms. The van der Waals surface area contributed by atoms with Crippen molar-refractivity contribution in [3.05, 3.63) is 82.4 Å². The molecule has 0 unspecified atom stereocenters. The van der Waals surface area contributed by atoms with Crippen molar-refractivity contribution >= 4 is 6.03 Å². The third-order valence-electron chi connectivity index (χ3n) is 10.1. The Bertz CT molecular complexity index is 1540. The van der Waals surface area contributed by atoms with Gasteiger partial charge < -0.3 is 14.5 Å². The van der Waals surface area contributed by atoms with Crippen molar-refractivity contribution in [3.8, 4) is 17.0 Å². The molecule has 1 saturated carbocycles. The van der Waals surface area contributed by atoms with Crippen LogP contribution in [0.3, 0.4) is 0 Å². The number of likely N-dealkylation sites (tertiary alicyclic amines) is 2. The van der Waals surface area contributed by atoms with Gasteiger partial charge in [-0.3, -0.25) is 9.36 Å². The molecule has 43 heavy (non-hydrogen) atoms. The molecule has 2 amide bonds.